The number of hydrogen-bond donors (Lipinski definition) is 1. The number of carbonyl (C=O) groups is 1. The third-order valence-electron chi connectivity index (χ3n) is 2.39. The number of anilines is 1. The number of furan rings is 1. The van der Waals surface area contributed by atoms with Gasteiger partial charge in [0.05, 0.1) is 22.0 Å². The molecule has 2 aromatic rings. The van der Waals surface area contributed by atoms with Crippen molar-refractivity contribution in [2.24, 2.45) is 0 Å². The Balaban J connectivity index is 2.23. The van der Waals surface area contributed by atoms with Crippen molar-refractivity contribution < 1.29 is 9.21 Å². The molecule has 0 spiro atoms. The fourth-order valence-corrected chi connectivity index (χ4v) is 1.80. The number of amides is 1. The molecule has 0 radical (unpaired) electrons. The van der Waals surface area contributed by atoms with Crippen LogP contribution in [0.25, 0.3) is 6.08 Å². The third kappa shape index (κ3) is 3.21. The second kappa shape index (κ2) is 6.29. The molecule has 1 amide bonds. The Labute approximate surface area is 125 Å². The van der Waals surface area contributed by atoms with Gasteiger partial charge in [0.15, 0.2) is 0 Å². The van der Waals surface area contributed by atoms with Gasteiger partial charge in [-0.1, -0.05) is 29.3 Å². The number of nitrogens with one attached hydrogen (secondary N) is 1. The molecule has 0 aliphatic carbocycles. The highest BCUT2D eigenvalue weighted by Gasteiger charge is 2.13. The minimum Gasteiger partial charge on any atom is -0.465 e. The van der Waals surface area contributed by atoms with Crippen LogP contribution in [0.1, 0.15) is 5.76 Å². The van der Waals surface area contributed by atoms with E-state index in [4.69, 9.17) is 32.9 Å². The predicted octanol–water partition coefficient (Wildman–Crippen LogP) is 4.13. The van der Waals surface area contributed by atoms with E-state index in [0.29, 0.717) is 16.5 Å². The van der Waals surface area contributed by atoms with Crippen molar-refractivity contribution in [2.45, 2.75) is 0 Å². The Bertz CT molecular complexity index is 700. The molecular weight excluding hydrogens is 299 g/mol. The highest BCUT2D eigenvalue weighted by atomic mass is 35.5. The van der Waals surface area contributed by atoms with E-state index in [9.17, 15) is 4.79 Å². The van der Waals surface area contributed by atoms with E-state index in [1.54, 1.807) is 30.3 Å². The third-order valence-corrected chi connectivity index (χ3v) is 3.21. The molecule has 0 aliphatic heterocycles. The van der Waals surface area contributed by atoms with Crippen molar-refractivity contribution >= 4 is 40.9 Å². The van der Waals surface area contributed by atoms with Gasteiger partial charge in [-0.15, -0.1) is 0 Å². The molecule has 2 rings (SSSR count). The number of halogens is 2. The maximum absolute atomic E-state index is 12.0. The van der Waals surface area contributed by atoms with Crippen LogP contribution in [-0.2, 0) is 4.79 Å². The summed E-state index contributed by atoms with van der Waals surface area (Å²) in [5.74, 6) is -0.179. The zero-order chi connectivity index (χ0) is 14.5. The molecule has 1 aromatic carbocycles. The van der Waals surface area contributed by atoms with Crippen molar-refractivity contribution in [3.8, 4) is 6.07 Å². The van der Waals surface area contributed by atoms with Crippen LogP contribution < -0.4 is 5.32 Å². The van der Waals surface area contributed by atoms with Gasteiger partial charge < -0.3 is 9.73 Å². The molecule has 0 bridgehead atoms. The Morgan fingerprint density at radius 1 is 1.30 bits per heavy atom. The van der Waals surface area contributed by atoms with E-state index >= 15 is 0 Å². The summed E-state index contributed by atoms with van der Waals surface area (Å²) >= 11 is 11.8. The maximum atomic E-state index is 12.0. The average molecular weight is 307 g/mol. The molecule has 1 heterocycles. The second-order valence-corrected chi connectivity index (χ2v) is 4.53. The molecule has 0 atom stereocenters. The summed E-state index contributed by atoms with van der Waals surface area (Å²) in [4.78, 5) is 12.0. The van der Waals surface area contributed by atoms with E-state index in [1.807, 2.05) is 6.07 Å². The van der Waals surface area contributed by atoms with E-state index in [1.165, 1.54) is 12.3 Å². The zero-order valence-corrected chi connectivity index (χ0v) is 11.6. The van der Waals surface area contributed by atoms with Gasteiger partial charge in [0.1, 0.15) is 17.4 Å². The number of nitriles is 1. The van der Waals surface area contributed by atoms with E-state index in [2.05, 4.69) is 5.32 Å². The summed E-state index contributed by atoms with van der Waals surface area (Å²) in [6, 6.07) is 9.94. The summed E-state index contributed by atoms with van der Waals surface area (Å²) in [6.45, 7) is 0. The number of nitrogens with zero attached hydrogens (tertiary/aromatic N) is 1. The van der Waals surface area contributed by atoms with Crippen LogP contribution in [0, 0.1) is 11.3 Å². The highest BCUT2D eigenvalue weighted by Crippen LogP contribution is 2.29. The van der Waals surface area contributed by atoms with Gasteiger partial charge in [-0.25, -0.2) is 0 Å². The summed E-state index contributed by atoms with van der Waals surface area (Å²) in [6.07, 6.45) is 2.79. The Kier molecular flexibility index (Phi) is 4.46. The van der Waals surface area contributed by atoms with Crippen LogP contribution in [0.3, 0.4) is 0 Å². The number of hydrogen-bond acceptors (Lipinski definition) is 3. The monoisotopic (exact) mass is 306 g/mol. The zero-order valence-electron chi connectivity index (χ0n) is 10.1. The topological polar surface area (TPSA) is 66.0 Å². The first kappa shape index (κ1) is 14.2. The molecule has 0 saturated carbocycles. The van der Waals surface area contributed by atoms with Gasteiger partial charge in [0, 0.05) is 6.08 Å². The summed E-state index contributed by atoms with van der Waals surface area (Å²) < 4.78 is 5.05. The van der Waals surface area contributed by atoms with Crippen LogP contribution >= 0.6 is 23.2 Å². The van der Waals surface area contributed by atoms with Gasteiger partial charge >= 0.3 is 0 Å². The second-order valence-electron chi connectivity index (χ2n) is 3.74. The van der Waals surface area contributed by atoms with Gasteiger partial charge in [-0.05, 0) is 24.3 Å². The lowest BCUT2D eigenvalue weighted by Crippen LogP contribution is -2.13. The van der Waals surface area contributed by atoms with Gasteiger partial charge in [-0.3, -0.25) is 4.79 Å². The molecule has 0 saturated heterocycles. The fraction of sp³-hybridized carbons (Fsp3) is 0. The SMILES string of the molecule is N#C/C(=C\c1ccco1)C(=O)Nc1cccc(Cl)c1Cl. The number of carbonyl (C=O) groups excluding carboxylic acids is 1. The van der Waals surface area contributed by atoms with Gasteiger partial charge in [0.25, 0.3) is 5.91 Å². The van der Waals surface area contributed by atoms with Crippen LogP contribution in [0.5, 0.6) is 0 Å². The first-order valence-electron chi connectivity index (χ1n) is 5.52. The molecular formula is C14H8Cl2N2O2. The van der Waals surface area contributed by atoms with Crippen LogP contribution in [0.2, 0.25) is 10.0 Å². The first-order valence-corrected chi connectivity index (χ1v) is 6.28. The lowest BCUT2D eigenvalue weighted by molar-refractivity contribution is -0.112. The lowest BCUT2D eigenvalue weighted by Gasteiger charge is -2.07. The molecule has 6 heteroatoms. The summed E-state index contributed by atoms with van der Waals surface area (Å²) in [7, 11) is 0. The molecule has 0 fully saturated rings. The predicted molar refractivity (Wildman–Crippen MR) is 77.4 cm³/mol. The molecule has 100 valence electrons. The van der Waals surface area contributed by atoms with E-state index in [-0.39, 0.29) is 10.6 Å². The standard InChI is InChI=1S/C14H8Cl2N2O2/c15-11-4-1-5-12(13(11)16)18-14(19)9(8-17)7-10-3-2-6-20-10/h1-7H,(H,18,19)/b9-7+. The summed E-state index contributed by atoms with van der Waals surface area (Å²) in [5, 5.41) is 12.1. The smallest absolute Gasteiger partial charge is 0.266 e. The Hall–Kier alpha value is -2.22. The van der Waals surface area contributed by atoms with Crippen LogP contribution in [0.15, 0.2) is 46.6 Å². The molecule has 1 aromatic heterocycles. The van der Waals surface area contributed by atoms with Crippen molar-refractivity contribution in [3.05, 3.63) is 58.0 Å². The molecule has 20 heavy (non-hydrogen) atoms. The largest absolute Gasteiger partial charge is 0.465 e. The van der Waals surface area contributed by atoms with Crippen LogP contribution in [0.4, 0.5) is 5.69 Å². The van der Waals surface area contributed by atoms with Crippen molar-refractivity contribution in [1.29, 1.82) is 5.26 Å². The van der Waals surface area contributed by atoms with Crippen LogP contribution in [-0.4, -0.2) is 5.91 Å². The van der Waals surface area contributed by atoms with E-state index in [0.717, 1.165) is 0 Å². The van der Waals surface area contributed by atoms with E-state index < -0.39 is 5.91 Å². The highest BCUT2D eigenvalue weighted by molar-refractivity contribution is 6.44. The average Bonchev–Trinajstić information content (AvgIpc) is 2.94. The molecule has 1 N–H and O–H groups in total. The van der Waals surface area contributed by atoms with Gasteiger partial charge in [-0.2, -0.15) is 5.26 Å². The maximum Gasteiger partial charge on any atom is 0.266 e. The Morgan fingerprint density at radius 3 is 2.75 bits per heavy atom. The minimum atomic E-state index is -0.590. The summed E-state index contributed by atoms with van der Waals surface area (Å²) in [5.41, 5.74) is 0.237. The van der Waals surface area contributed by atoms with Gasteiger partial charge in [0.2, 0.25) is 0 Å². The van der Waals surface area contributed by atoms with Crippen molar-refractivity contribution in [2.75, 3.05) is 5.32 Å². The first-order chi connectivity index (χ1) is 9.61. The quantitative estimate of drug-likeness (QED) is 0.685. The minimum absolute atomic E-state index is 0.101. The van der Waals surface area contributed by atoms with Crippen molar-refractivity contribution in [3.63, 3.8) is 0 Å². The molecule has 0 aliphatic rings. The lowest BCUT2D eigenvalue weighted by atomic mass is 10.2. The number of rotatable bonds is 3. The Morgan fingerprint density at radius 2 is 2.10 bits per heavy atom. The molecule has 4 nitrogen and oxygen atoms in total. The fourth-order valence-electron chi connectivity index (χ4n) is 1.45. The molecule has 0 unspecified atom stereocenters. The normalized spacial score (nSPS) is 10.9. The van der Waals surface area contributed by atoms with Crippen molar-refractivity contribution in [1.82, 2.24) is 0 Å². The number of benzene rings is 1.